The van der Waals surface area contributed by atoms with E-state index in [1.54, 1.807) is 18.2 Å². The van der Waals surface area contributed by atoms with Gasteiger partial charge in [-0.2, -0.15) is 0 Å². The van der Waals surface area contributed by atoms with Crippen molar-refractivity contribution in [2.75, 3.05) is 13.2 Å². The van der Waals surface area contributed by atoms with Gasteiger partial charge in [0, 0.05) is 6.08 Å². The van der Waals surface area contributed by atoms with E-state index in [2.05, 4.69) is 4.84 Å². The molecule has 0 bridgehead atoms. The fraction of sp³-hybridized carbons (Fsp3) is 0.400. The molecule has 7 nitrogen and oxygen atoms in total. The summed E-state index contributed by atoms with van der Waals surface area (Å²) < 4.78 is 5.02. The molecule has 120 valence electrons. The highest BCUT2D eigenvalue weighted by Gasteiger charge is 1.98. The van der Waals surface area contributed by atoms with Gasteiger partial charge in [-0.05, 0) is 43.0 Å². The van der Waals surface area contributed by atoms with Gasteiger partial charge < -0.3 is 14.7 Å². The summed E-state index contributed by atoms with van der Waals surface area (Å²) in [5.41, 5.74) is 0.792. The molecule has 0 unspecified atom stereocenters. The van der Waals surface area contributed by atoms with Crippen molar-refractivity contribution in [1.82, 2.24) is 0 Å². The first kappa shape index (κ1) is 17.5. The van der Waals surface area contributed by atoms with E-state index in [0.29, 0.717) is 19.4 Å². The normalized spacial score (nSPS) is 10.5. The molecule has 0 spiro atoms. The first-order valence-electron chi connectivity index (χ1n) is 6.99. The highest BCUT2D eigenvalue weighted by atomic mass is 16.9. The van der Waals surface area contributed by atoms with Gasteiger partial charge >= 0.3 is 5.97 Å². The van der Waals surface area contributed by atoms with Crippen molar-refractivity contribution >= 4 is 12.0 Å². The zero-order chi connectivity index (χ0) is 16.2. The Kier molecular flexibility index (Phi) is 8.10. The van der Waals surface area contributed by atoms with Crippen LogP contribution in [0.1, 0.15) is 31.2 Å². The first-order chi connectivity index (χ1) is 10.6. The standard InChI is InChI=1S/C15H19NO6/c17-14-8-5-13(6-9-14)7-10-15(18)21-11-3-1-2-4-12-22-16(19)20/h5-10,17H,1-4,11-12H2/b10-7+. The van der Waals surface area contributed by atoms with Crippen LogP contribution in [-0.4, -0.2) is 29.4 Å². The van der Waals surface area contributed by atoms with E-state index in [1.165, 1.54) is 18.2 Å². The molecular weight excluding hydrogens is 290 g/mol. The van der Waals surface area contributed by atoms with Crippen LogP contribution in [0.25, 0.3) is 6.08 Å². The molecule has 0 saturated carbocycles. The number of hydrogen-bond donors (Lipinski definition) is 1. The second-order valence-corrected chi connectivity index (χ2v) is 4.56. The van der Waals surface area contributed by atoms with Crippen LogP contribution in [0.15, 0.2) is 30.3 Å². The number of rotatable bonds is 10. The van der Waals surface area contributed by atoms with E-state index >= 15 is 0 Å². The fourth-order valence-corrected chi connectivity index (χ4v) is 1.67. The zero-order valence-corrected chi connectivity index (χ0v) is 12.1. The summed E-state index contributed by atoms with van der Waals surface area (Å²) in [6.07, 6.45) is 5.85. The molecule has 0 aliphatic heterocycles. The monoisotopic (exact) mass is 309 g/mol. The predicted octanol–water partition coefficient (Wildman–Crippen LogP) is 2.72. The number of nitrogens with zero attached hydrogens (tertiary/aromatic N) is 1. The molecule has 22 heavy (non-hydrogen) atoms. The van der Waals surface area contributed by atoms with Gasteiger partial charge in [-0.3, -0.25) is 0 Å². The molecule has 0 radical (unpaired) electrons. The van der Waals surface area contributed by atoms with Crippen LogP contribution < -0.4 is 0 Å². The minimum absolute atomic E-state index is 0.0994. The highest BCUT2D eigenvalue weighted by molar-refractivity contribution is 5.87. The van der Waals surface area contributed by atoms with Crippen LogP contribution in [0.3, 0.4) is 0 Å². The predicted molar refractivity (Wildman–Crippen MR) is 79.5 cm³/mol. The van der Waals surface area contributed by atoms with Gasteiger partial charge in [0.1, 0.15) is 5.75 Å². The largest absolute Gasteiger partial charge is 0.508 e. The van der Waals surface area contributed by atoms with Crippen LogP contribution in [0.2, 0.25) is 0 Å². The molecule has 7 heteroatoms. The van der Waals surface area contributed by atoms with E-state index < -0.39 is 11.1 Å². The number of esters is 1. The van der Waals surface area contributed by atoms with E-state index in [-0.39, 0.29) is 12.4 Å². The van der Waals surface area contributed by atoms with Crippen molar-refractivity contribution in [3.05, 3.63) is 46.0 Å². The number of carbonyl (C=O) groups excluding carboxylic acids is 1. The lowest BCUT2D eigenvalue weighted by Gasteiger charge is -2.02. The molecule has 0 aliphatic rings. The number of unbranched alkanes of at least 4 members (excludes halogenated alkanes) is 3. The number of phenolic OH excluding ortho intramolecular Hbond substituents is 1. The Labute approximate surface area is 128 Å². The van der Waals surface area contributed by atoms with E-state index in [0.717, 1.165) is 18.4 Å². The Morgan fingerprint density at radius 3 is 2.41 bits per heavy atom. The van der Waals surface area contributed by atoms with E-state index in [4.69, 9.17) is 9.84 Å². The number of benzene rings is 1. The number of phenols is 1. The Hall–Kier alpha value is -2.57. The third-order valence-electron chi connectivity index (χ3n) is 2.78. The van der Waals surface area contributed by atoms with E-state index in [9.17, 15) is 14.9 Å². The van der Waals surface area contributed by atoms with Crippen LogP contribution in [0.5, 0.6) is 5.75 Å². The van der Waals surface area contributed by atoms with Gasteiger partial charge in [0.05, 0.1) is 13.2 Å². The second kappa shape index (κ2) is 10.2. The van der Waals surface area contributed by atoms with Crippen molar-refractivity contribution in [2.24, 2.45) is 0 Å². The highest BCUT2D eigenvalue weighted by Crippen LogP contribution is 2.10. The van der Waals surface area contributed by atoms with Crippen molar-refractivity contribution in [2.45, 2.75) is 25.7 Å². The molecule has 0 amide bonds. The molecule has 0 saturated heterocycles. The SMILES string of the molecule is O=C(/C=C/c1ccc(O)cc1)OCCCCCCO[N+](=O)[O-]. The molecular formula is C15H19NO6. The minimum atomic E-state index is -0.803. The first-order valence-corrected chi connectivity index (χ1v) is 6.99. The van der Waals surface area contributed by atoms with E-state index in [1.807, 2.05) is 0 Å². The Morgan fingerprint density at radius 2 is 1.77 bits per heavy atom. The van der Waals surface area contributed by atoms with Crippen LogP contribution in [0, 0.1) is 10.1 Å². The lowest BCUT2D eigenvalue weighted by atomic mass is 10.2. The molecule has 0 aliphatic carbocycles. The summed E-state index contributed by atoms with van der Waals surface area (Å²) in [4.78, 5) is 25.5. The number of ether oxygens (including phenoxy) is 1. The van der Waals surface area contributed by atoms with Crippen LogP contribution >= 0.6 is 0 Å². The Balaban J connectivity index is 2.06. The number of aromatic hydroxyl groups is 1. The number of carbonyl (C=O) groups is 1. The lowest BCUT2D eigenvalue weighted by Crippen LogP contribution is -2.03. The van der Waals surface area contributed by atoms with Gasteiger partial charge in [-0.15, -0.1) is 10.1 Å². The number of hydrogen-bond acceptors (Lipinski definition) is 6. The van der Waals surface area contributed by atoms with Crippen LogP contribution in [0.4, 0.5) is 0 Å². The Morgan fingerprint density at radius 1 is 1.14 bits per heavy atom. The molecule has 1 rings (SSSR count). The Bertz CT molecular complexity index is 497. The second-order valence-electron chi connectivity index (χ2n) is 4.56. The van der Waals surface area contributed by atoms with Gasteiger partial charge in [-0.1, -0.05) is 18.6 Å². The van der Waals surface area contributed by atoms with Gasteiger partial charge in [-0.25, -0.2) is 4.79 Å². The molecule has 1 aromatic rings. The maximum absolute atomic E-state index is 11.4. The summed E-state index contributed by atoms with van der Waals surface area (Å²) in [5.74, 6) is -0.256. The van der Waals surface area contributed by atoms with Crippen molar-refractivity contribution in [3.63, 3.8) is 0 Å². The van der Waals surface area contributed by atoms with Gasteiger partial charge in [0.15, 0.2) is 0 Å². The summed E-state index contributed by atoms with van der Waals surface area (Å²) in [6, 6.07) is 6.44. The van der Waals surface area contributed by atoms with Crippen molar-refractivity contribution < 1.29 is 24.6 Å². The van der Waals surface area contributed by atoms with Gasteiger partial charge in [0.25, 0.3) is 5.09 Å². The topological polar surface area (TPSA) is 98.9 Å². The zero-order valence-electron chi connectivity index (χ0n) is 12.1. The average Bonchev–Trinajstić information content (AvgIpc) is 2.49. The lowest BCUT2D eigenvalue weighted by molar-refractivity contribution is -0.757. The molecule has 0 fully saturated rings. The van der Waals surface area contributed by atoms with Crippen molar-refractivity contribution in [1.29, 1.82) is 0 Å². The quantitative estimate of drug-likeness (QED) is 0.234. The maximum atomic E-state index is 11.4. The van der Waals surface area contributed by atoms with Crippen molar-refractivity contribution in [3.8, 4) is 5.75 Å². The molecule has 1 N–H and O–H groups in total. The fourth-order valence-electron chi connectivity index (χ4n) is 1.67. The summed E-state index contributed by atoms with van der Waals surface area (Å²) >= 11 is 0. The smallest absolute Gasteiger partial charge is 0.330 e. The van der Waals surface area contributed by atoms with Gasteiger partial charge in [0.2, 0.25) is 0 Å². The third-order valence-corrected chi connectivity index (χ3v) is 2.78. The summed E-state index contributed by atoms with van der Waals surface area (Å²) in [5, 5.41) is 18.2. The summed E-state index contributed by atoms with van der Waals surface area (Å²) in [6.45, 7) is 0.414. The minimum Gasteiger partial charge on any atom is -0.508 e. The average molecular weight is 309 g/mol. The summed E-state index contributed by atoms with van der Waals surface area (Å²) in [7, 11) is 0. The molecule has 0 atom stereocenters. The van der Waals surface area contributed by atoms with Crippen LogP contribution in [-0.2, 0) is 14.4 Å². The third kappa shape index (κ3) is 8.57. The molecule has 1 aromatic carbocycles. The molecule has 0 aromatic heterocycles. The maximum Gasteiger partial charge on any atom is 0.330 e. The molecule has 0 heterocycles.